The van der Waals surface area contributed by atoms with Gasteiger partial charge in [-0.15, -0.1) is 11.3 Å². The Balaban J connectivity index is 2.49. The number of rotatable bonds is 4. The van der Waals surface area contributed by atoms with Crippen LogP contribution < -0.4 is 0 Å². The average Bonchev–Trinajstić information content (AvgIpc) is 2.84. The molecular formula is C13H11NO3S. The molecule has 0 saturated carbocycles. The third-order valence-corrected chi connectivity index (χ3v) is 3.28. The van der Waals surface area contributed by atoms with Gasteiger partial charge in [-0.05, 0) is 12.5 Å². The minimum absolute atomic E-state index is 0.204. The molecule has 0 fully saturated rings. The van der Waals surface area contributed by atoms with Crippen molar-refractivity contribution in [2.45, 2.75) is 6.92 Å². The van der Waals surface area contributed by atoms with Gasteiger partial charge in [-0.25, -0.2) is 9.78 Å². The Morgan fingerprint density at radius 3 is 2.72 bits per heavy atom. The summed E-state index contributed by atoms with van der Waals surface area (Å²) in [6, 6.07) is 9.35. The van der Waals surface area contributed by atoms with E-state index in [-0.39, 0.29) is 17.3 Å². The lowest BCUT2D eigenvalue weighted by Gasteiger charge is -2.01. The quantitative estimate of drug-likeness (QED) is 0.627. The summed E-state index contributed by atoms with van der Waals surface area (Å²) in [6.07, 6.45) is 0.639. The maximum Gasteiger partial charge on any atom is 0.358 e. The Kier molecular flexibility index (Phi) is 3.84. The molecule has 1 aromatic carbocycles. The molecule has 0 unspecified atom stereocenters. The fraction of sp³-hybridized carbons (Fsp3) is 0.154. The van der Waals surface area contributed by atoms with Crippen LogP contribution in [0.1, 0.15) is 27.2 Å². The molecular weight excluding hydrogens is 250 g/mol. The van der Waals surface area contributed by atoms with E-state index < -0.39 is 5.97 Å². The second-order valence-electron chi connectivity index (χ2n) is 3.43. The number of ether oxygens (including phenoxy) is 1. The highest BCUT2D eigenvalue weighted by Gasteiger charge is 2.20. The maximum atomic E-state index is 11.8. The minimum atomic E-state index is -0.499. The SMILES string of the molecule is CCOC(=O)c1nc(C=O)sc1-c1ccccc1. The number of nitrogens with zero attached hydrogens (tertiary/aromatic N) is 1. The van der Waals surface area contributed by atoms with Gasteiger partial charge >= 0.3 is 5.97 Å². The van der Waals surface area contributed by atoms with E-state index in [1.54, 1.807) is 6.92 Å². The van der Waals surface area contributed by atoms with Gasteiger partial charge in [0.1, 0.15) is 0 Å². The van der Waals surface area contributed by atoms with Crippen molar-refractivity contribution < 1.29 is 14.3 Å². The van der Waals surface area contributed by atoms with Crippen LogP contribution in [-0.2, 0) is 4.74 Å². The standard InChI is InChI=1S/C13H11NO3S/c1-2-17-13(16)11-12(18-10(8-15)14-11)9-6-4-3-5-7-9/h3-8H,2H2,1H3. The van der Waals surface area contributed by atoms with Crippen molar-refractivity contribution in [2.24, 2.45) is 0 Å². The number of benzene rings is 1. The van der Waals surface area contributed by atoms with E-state index >= 15 is 0 Å². The van der Waals surface area contributed by atoms with E-state index in [1.807, 2.05) is 30.3 Å². The number of aromatic nitrogens is 1. The Hall–Kier alpha value is -2.01. The molecule has 92 valence electrons. The van der Waals surface area contributed by atoms with Gasteiger partial charge in [0.05, 0.1) is 11.5 Å². The van der Waals surface area contributed by atoms with Gasteiger partial charge in [0.2, 0.25) is 0 Å². The zero-order valence-corrected chi connectivity index (χ0v) is 10.6. The highest BCUT2D eigenvalue weighted by molar-refractivity contribution is 7.17. The molecule has 1 aromatic heterocycles. The monoisotopic (exact) mass is 261 g/mol. The number of aldehydes is 1. The Morgan fingerprint density at radius 1 is 1.39 bits per heavy atom. The number of carbonyl (C=O) groups is 2. The van der Waals surface area contributed by atoms with Crippen LogP contribution in [0.3, 0.4) is 0 Å². The van der Waals surface area contributed by atoms with E-state index in [4.69, 9.17) is 4.74 Å². The summed E-state index contributed by atoms with van der Waals surface area (Å²) in [6.45, 7) is 2.01. The number of hydrogen-bond acceptors (Lipinski definition) is 5. The smallest absolute Gasteiger partial charge is 0.358 e. The molecule has 0 saturated heterocycles. The molecule has 0 N–H and O–H groups in total. The second-order valence-corrected chi connectivity index (χ2v) is 4.46. The highest BCUT2D eigenvalue weighted by atomic mass is 32.1. The molecule has 0 aliphatic heterocycles. The predicted octanol–water partition coefficient (Wildman–Crippen LogP) is 2.80. The van der Waals surface area contributed by atoms with E-state index in [9.17, 15) is 9.59 Å². The van der Waals surface area contributed by atoms with Crippen LogP contribution in [0.15, 0.2) is 30.3 Å². The first-order valence-electron chi connectivity index (χ1n) is 5.44. The lowest BCUT2D eigenvalue weighted by Crippen LogP contribution is -2.06. The van der Waals surface area contributed by atoms with Crippen LogP contribution in [0, 0.1) is 0 Å². The lowest BCUT2D eigenvalue weighted by atomic mass is 10.1. The molecule has 0 amide bonds. The lowest BCUT2D eigenvalue weighted by molar-refractivity contribution is 0.0521. The van der Waals surface area contributed by atoms with Crippen molar-refractivity contribution in [1.29, 1.82) is 0 Å². The zero-order valence-electron chi connectivity index (χ0n) is 9.75. The topological polar surface area (TPSA) is 56.3 Å². The fourth-order valence-electron chi connectivity index (χ4n) is 1.51. The molecule has 2 rings (SSSR count). The Labute approximate surface area is 108 Å². The van der Waals surface area contributed by atoms with Gasteiger partial charge in [0, 0.05) is 0 Å². The van der Waals surface area contributed by atoms with E-state index in [2.05, 4.69) is 4.98 Å². The summed E-state index contributed by atoms with van der Waals surface area (Å²) in [7, 11) is 0. The van der Waals surface area contributed by atoms with Crippen LogP contribution in [0.2, 0.25) is 0 Å². The molecule has 0 bridgehead atoms. The van der Waals surface area contributed by atoms with E-state index in [1.165, 1.54) is 11.3 Å². The predicted molar refractivity (Wildman–Crippen MR) is 68.9 cm³/mol. The first kappa shape index (κ1) is 12.4. The molecule has 0 aliphatic carbocycles. The maximum absolute atomic E-state index is 11.8. The third-order valence-electron chi connectivity index (χ3n) is 2.25. The fourth-order valence-corrected chi connectivity index (χ4v) is 2.38. The van der Waals surface area contributed by atoms with Crippen LogP contribution in [-0.4, -0.2) is 23.8 Å². The van der Waals surface area contributed by atoms with Gasteiger partial charge < -0.3 is 4.74 Å². The largest absolute Gasteiger partial charge is 0.461 e. The average molecular weight is 261 g/mol. The Morgan fingerprint density at radius 2 is 2.11 bits per heavy atom. The van der Waals surface area contributed by atoms with Crippen LogP contribution in [0.4, 0.5) is 0 Å². The van der Waals surface area contributed by atoms with Crippen LogP contribution >= 0.6 is 11.3 Å². The van der Waals surface area contributed by atoms with Crippen molar-refractivity contribution in [3.8, 4) is 10.4 Å². The summed E-state index contributed by atoms with van der Waals surface area (Å²) < 4.78 is 4.94. The van der Waals surface area contributed by atoms with Gasteiger partial charge in [-0.1, -0.05) is 30.3 Å². The Bertz CT molecular complexity index is 563. The molecule has 5 heteroatoms. The van der Waals surface area contributed by atoms with Crippen molar-refractivity contribution in [3.63, 3.8) is 0 Å². The first-order chi connectivity index (χ1) is 8.76. The van der Waals surface area contributed by atoms with Crippen LogP contribution in [0.25, 0.3) is 10.4 Å². The molecule has 4 nitrogen and oxygen atoms in total. The molecule has 0 spiro atoms. The van der Waals surface area contributed by atoms with E-state index in [0.717, 1.165) is 5.56 Å². The minimum Gasteiger partial charge on any atom is -0.461 e. The summed E-state index contributed by atoms with van der Waals surface area (Å²) in [5.41, 5.74) is 1.06. The number of hydrogen-bond donors (Lipinski definition) is 0. The third kappa shape index (κ3) is 2.46. The molecule has 0 aliphatic rings. The van der Waals surface area contributed by atoms with Crippen molar-refractivity contribution in [1.82, 2.24) is 4.98 Å². The molecule has 0 radical (unpaired) electrons. The normalized spacial score (nSPS) is 10.1. The molecule has 1 heterocycles. The summed E-state index contributed by atoms with van der Waals surface area (Å²) >= 11 is 1.19. The van der Waals surface area contributed by atoms with Gasteiger partial charge in [0.15, 0.2) is 17.0 Å². The summed E-state index contributed by atoms with van der Waals surface area (Å²) in [5, 5.41) is 0.275. The number of thiazole rings is 1. The first-order valence-corrected chi connectivity index (χ1v) is 6.26. The molecule has 0 atom stereocenters. The van der Waals surface area contributed by atoms with Crippen LogP contribution in [0.5, 0.6) is 0 Å². The molecule has 2 aromatic rings. The van der Waals surface area contributed by atoms with Gasteiger partial charge in [0.25, 0.3) is 0 Å². The summed E-state index contributed by atoms with van der Waals surface area (Å²) in [5.74, 6) is -0.499. The second kappa shape index (κ2) is 5.55. The van der Waals surface area contributed by atoms with E-state index in [0.29, 0.717) is 11.2 Å². The van der Waals surface area contributed by atoms with Gasteiger partial charge in [-0.3, -0.25) is 4.79 Å². The highest BCUT2D eigenvalue weighted by Crippen LogP contribution is 2.30. The van der Waals surface area contributed by atoms with Crippen molar-refractivity contribution in [3.05, 3.63) is 41.0 Å². The molecule has 18 heavy (non-hydrogen) atoms. The van der Waals surface area contributed by atoms with Crippen molar-refractivity contribution >= 4 is 23.6 Å². The number of carbonyl (C=O) groups excluding carboxylic acids is 2. The summed E-state index contributed by atoms with van der Waals surface area (Å²) in [4.78, 5) is 27.2. The zero-order chi connectivity index (χ0) is 13.0. The van der Waals surface area contributed by atoms with Crippen molar-refractivity contribution in [2.75, 3.05) is 6.61 Å². The van der Waals surface area contributed by atoms with Gasteiger partial charge in [-0.2, -0.15) is 0 Å². The number of esters is 1.